The number of nitrogens with zero attached hydrogens (tertiary/aromatic N) is 4. The SMILES string of the molecule is C[C@@H]1CC[C@H](C)N1[C@@H]1CCCN(C(=O)c2cccnc2N(C)C)C1. The van der Waals surface area contributed by atoms with E-state index in [0.29, 0.717) is 23.7 Å². The molecule has 2 saturated heterocycles. The van der Waals surface area contributed by atoms with Crippen LogP contribution in [0, 0.1) is 0 Å². The van der Waals surface area contributed by atoms with Crippen LogP contribution in [-0.4, -0.2) is 66.0 Å². The first kappa shape index (κ1) is 17.2. The summed E-state index contributed by atoms with van der Waals surface area (Å²) >= 11 is 0. The lowest BCUT2D eigenvalue weighted by molar-refractivity contribution is 0.0487. The van der Waals surface area contributed by atoms with Gasteiger partial charge in [0.25, 0.3) is 5.91 Å². The fourth-order valence-electron chi connectivity index (χ4n) is 4.41. The molecule has 0 unspecified atom stereocenters. The molecular weight excluding hydrogens is 300 g/mol. The summed E-state index contributed by atoms with van der Waals surface area (Å²) in [4.78, 5) is 24.1. The highest BCUT2D eigenvalue weighted by atomic mass is 16.2. The zero-order valence-corrected chi connectivity index (χ0v) is 15.4. The molecule has 132 valence electrons. The van der Waals surface area contributed by atoms with Crippen molar-refractivity contribution in [2.24, 2.45) is 0 Å². The molecule has 24 heavy (non-hydrogen) atoms. The summed E-state index contributed by atoms with van der Waals surface area (Å²) in [7, 11) is 3.87. The molecule has 3 heterocycles. The van der Waals surface area contributed by atoms with Gasteiger partial charge in [0.05, 0.1) is 5.56 Å². The van der Waals surface area contributed by atoms with Crippen molar-refractivity contribution >= 4 is 11.7 Å². The molecule has 0 aromatic carbocycles. The van der Waals surface area contributed by atoms with Gasteiger partial charge in [-0.05, 0) is 51.7 Å². The topological polar surface area (TPSA) is 39.7 Å². The summed E-state index contributed by atoms with van der Waals surface area (Å²) in [5.74, 6) is 0.878. The molecule has 0 aliphatic carbocycles. The molecular formula is C19H30N4O. The van der Waals surface area contributed by atoms with Gasteiger partial charge in [-0.3, -0.25) is 9.69 Å². The molecule has 0 N–H and O–H groups in total. The standard InChI is InChI=1S/C19H30N4O/c1-14-9-10-15(2)23(14)16-7-6-12-22(13-16)19(24)17-8-5-11-20-18(17)21(3)4/h5,8,11,14-16H,6-7,9-10,12-13H2,1-4H3/t14-,15+,16-/m1/s1. The van der Waals surface area contributed by atoms with Gasteiger partial charge in [-0.15, -0.1) is 0 Å². The van der Waals surface area contributed by atoms with Crippen LogP contribution < -0.4 is 4.90 Å². The van der Waals surface area contributed by atoms with Crippen LogP contribution in [0.5, 0.6) is 0 Å². The molecule has 1 amide bonds. The Morgan fingerprint density at radius 3 is 2.58 bits per heavy atom. The van der Waals surface area contributed by atoms with Crippen LogP contribution in [-0.2, 0) is 0 Å². The van der Waals surface area contributed by atoms with Crippen molar-refractivity contribution in [2.75, 3.05) is 32.1 Å². The second kappa shape index (κ2) is 7.09. The van der Waals surface area contributed by atoms with Gasteiger partial charge in [-0.25, -0.2) is 4.98 Å². The van der Waals surface area contributed by atoms with Gasteiger partial charge >= 0.3 is 0 Å². The second-order valence-corrected chi connectivity index (χ2v) is 7.54. The first-order valence-electron chi connectivity index (χ1n) is 9.18. The van der Waals surface area contributed by atoms with E-state index in [0.717, 1.165) is 25.3 Å². The number of aromatic nitrogens is 1. The molecule has 3 atom stereocenters. The van der Waals surface area contributed by atoms with Gasteiger partial charge in [0, 0.05) is 51.5 Å². The van der Waals surface area contributed by atoms with Crippen LogP contribution in [0.4, 0.5) is 5.82 Å². The highest BCUT2D eigenvalue weighted by Crippen LogP contribution is 2.30. The minimum atomic E-state index is 0.121. The Morgan fingerprint density at radius 2 is 1.92 bits per heavy atom. The molecule has 2 aliphatic rings. The summed E-state index contributed by atoms with van der Waals surface area (Å²) in [6, 6.07) is 5.52. The van der Waals surface area contributed by atoms with E-state index in [1.807, 2.05) is 36.0 Å². The maximum Gasteiger partial charge on any atom is 0.257 e. The van der Waals surface area contributed by atoms with Gasteiger partial charge in [0.15, 0.2) is 0 Å². The fraction of sp³-hybridized carbons (Fsp3) is 0.684. The van der Waals surface area contributed by atoms with Crippen molar-refractivity contribution in [1.82, 2.24) is 14.8 Å². The quantitative estimate of drug-likeness (QED) is 0.854. The van der Waals surface area contributed by atoms with Crippen LogP contribution in [0.15, 0.2) is 18.3 Å². The number of rotatable bonds is 3. The number of pyridine rings is 1. The molecule has 0 bridgehead atoms. The van der Waals surface area contributed by atoms with Gasteiger partial charge in [0.1, 0.15) is 5.82 Å². The number of carbonyl (C=O) groups is 1. The van der Waals surface area contributed by atoms with E-state index in [-0.39, 0.29) is 5.91 Å². The zero-order valence-electron chi connectivity index (χ0n) is 15.4. The molecule has 5 nitrogen and oxygen atoms in total. The largest absolute Gasteiger partial charge is 0.362 e. The zero-order chi connectivity index (χ0) is 17.3. The highest BCUT2D eigenvalue weighted by molar-refractivity contribution is 5.98. The third-order valence-corrected chi connectivity index (χ3v) is 5.57. The third-order valence-electron chi connectivity index (χ3n) is 5.57. The van der Waals surface area contributed by atoms with Gasteiger partial charge in [-0.1, -0.05) is 0 Å². The van der Waals surface area contributed by atoms with Crippen LogP contribution in [0.2, 0.25) is 0 Å². The number of anilines is 1. The predicted octanol–water partition coefficient (Wildman–Crippen LogP) is 2.63. The maximum atomic E-state index is 13.1. The summed E-state index contributed by atoms with van der Waals surface area (Å²) in [6.07, 6.45) is 6.59. The molecule has 3 rings (SSSR count). The highest BCUT2D eigenvalue weighted by Gasteiger charge is 2.36. The minimum Gasteiger partial charge on any atom is -0.362 e. The predicted molar refractivity (Wildman–Crippen MR) is 97.5 cm³/mol. The van der Waals surface area contributed by atoms with E-state index in [9.17, 15) is 4.79 Å². The number of piperidine rings is 1. The van der Waals surface area contributed by atoms with Gasteiger partial charge in [0.2, 0.25) is 0 Å². The Kier molecular flexibility index (Phi) is 5.09. The Balaban J connectivity index is 1.76. The fourth-order valence-corrected chi connectivity index (χ4v) is 4.41. The van der Waals surface area contributed by atoms with Crippen LogP contribution in [0.3, 0.4) is 0 Å². The molecule has 2 aliphatic heterocycles. The molecule has 5 heteroatoms. The number of hydrogen-bond donors (Lipinski definition) is 0. The van der Waals surface area contributed by atoms with E-state index < -0.39 is 0 Å². The Hall–Kier alpha value is -1.62. The van der Waals surface area contributed by atoms with E-state index in [1.165, 1.54) is 19.3 Å². The molecule has 1 aromatic rings. The summed E-state index contributed by atoms with van der Waals surface area (Å²) in [5, 5.41) is 0. The smallest absolute Gasteiger partial charge is 0.257 e. The molecule has 0 spiro atoms. The Bertz CT molecular complexity index is 578. The molecule has 0 saturated carbocycles. The number of hydrogen-bond acceptors (Lipinski definition) is 4. The van der Waals surface area contributed by atoms with Crippen molar-refractivity contribution in [3.8, 4) is 0 Å². The van der Waals surface area contributed by atoms with Crippen molar-refractivity contribution in [2.45, 2.75) is 57.7 Å². The summed E-state index contributed by atoms with van der Waals surface area (Å²) in [5.41, 5.74) is 0.714. The number of likely N-dealkylation sites (tertiary alicyclic amines) is 2. The van der Waals surface area contributed by atoms with Crippen LogP contribution >= 0.6 is 0 Å². The minimum absolute atomic E-state index is 0.121. The normalized spacial score (nSPS) is 28.2. The molecule has 0 radical (unpaired) electrons. The maximum absolute atomic E-state index is 13.1. The molecule has 1 aromatic heterocycles. The van der Waals surface area contributed by atoms with Gasteiger partial charge < -0.3 is 9.80 Å². The monoisotopic (exact) mass is 330 g/mol. The lowest BCUT2D eigenvalue weighted by Crippen LogP contribution is -2.52. The van der Waals surface area contributed by atoms with Crippen molar-refractivity contribution in [3.05, 3.63) is 23.9 Å². The first-order valence-corrected chi connectivity index (χ1v) is 9.18. The van der Waals surface area contributed by atoms with Crippen molar-refractivity contribution < 1.29 is 4.79 Å². The Labute approximate surface area is 145 Å². The van der Waals surface area contributed by atoms with Crippen LogP contribution in [0.1, 0.15) is 49.9 Å². The summed E-state index contributed by atoms with van der Waals surface area (Å²) in [6.45, 7) is 6.36. The Morgan fingerprint density at radius 1 is 1.21 bits per heavy atom. The average molecular weight is 330 g/mol. The molecule has 2 fully saturated rings. The van der Waals surface area contributed by atoms with Crippen molar-refractivity contribution in [3.63, 3.8) is 0 Å². The second-order valence-electron chi connectivity index (χ2n) is 7.54. The van der Waals surface area contributed by atoms with E-state index in [2.05, 4.69) is 23.7 Å². The van der Waals surface area contributed by atoms with E-state index >= 15 is 0 Å². The lowest BCUT2D eigenvalue weighted by atomic mass is 10.0. The van der Waals surface area contributed by atoms with Gasteiger partial charge in [-0.2, -0.15) is 0 Å². The first-order chi connectivity index (χ1) is 11.5. The average Bonchev–Trinajstić information content (AvgIpc) is 2.93. The third kappa shape index (κ3) is 3.27. The lowest BCUT2D eigenvalue weighted by Gasteiger charge is -2.41. The van der Waals surface area contributed by atoms with E-state index in [4.69, 9.17) is 0 Å². The van der Waals surface area contributed by atoms with E-state index in [1.54, 1.807) is 6.20 Å². The van der Waals surface area contributed by atoms with Crippen molar-refractivity contribution in [1.29, 1.82) is 0 Å². The number of carbonyl (C=O) groups excluding carboxylic acids is 1. The summed E-state index contributed by atoms with van der Waals surface area (Å²) < 4.78 is 0. The van der Waals surface area contributed by atoms with Crippen LogP contribution in [0.25, 0.3) is 0 Å². The number of amides is 1.